The summed E-state index contributed by atoms with van der Waals surface area (Å²) in [5.74, 6) is -0.269. The highest BCUT2D eigenvalue weighted by Crippen LogP contribution is 2.24. The molecule has 0 spiro atoms. The summed E-state index contributed by atoms with van der Waals surface area (Å²) in [6.45, 7) is 1.86. The lowest BCUT2D eigenvalue weighted by Crippen LogP contribution is -2.12. The van der Waals surface area contributed by atoms with Gasteiger partial charge in [-0.25, -0.2) is 0 Å². The Balaban J connectivity index is 2.21. The number of benzene rings is 1. The summed E-state index contributed by atoms with van der Waals surface area (Å²) in [5, 5.41) is 3.14. The van der Waals surface area contributed by atoms with Crippen LogP contribution >= 0.6 is 11.6 Å². The molecule has 18 heavy (non-hydrogen) atoms. The fourth-order valence-electron chi connectivity index (χ4n) is 1.44. The van der Waals surface area contributed by atoms with Gasteiger partial charge in [-0.15, -0.1) is 0 Å². The maximum atomic E-state index is 11.9. The van der Waals surface area contributed by atoms with Gasteiger partial charge in [-0.05, 0) is 37.3 Å². The maximum Gasteiger partial charge on any atom is 0.257 e. The summed E-state index contributed by atoms with van der Waals surface area (Å²) in [6.07, 6.45) is 1.52. The number of carbonyl (C=O) groups is 1. The number of carbonyl (C=O) groups excluding carboxylic acids is 1. The van der Waals surface area contributed by atoms with Crippen molar-refractivity contribution in [2.75, 3.05) is 11.1 Å². The summed E-state index contributed by atoms with van der Waals surface area (Å²) in [5.41, 5.74) is 7.99. The Morgan fingerprint density at radius 1 is 1.33 bits per heavy atom. The Labute approximate surface area is 110 Å². The zero-order chi connectivity index (χ0) is 13.1. The molecule has 0 aliphatic rings. The number of nitrogens with one attached hydrogen (secondary N) is 1. The van der Waals surface area contributed by atoms with Gasteiger partial charge in [0, 0.05) is 17.6 Å². The fraction of sp³-hybridized carbons (Fsp3) is 0.0769. The number of aryl methyl sites for hydroxylation is 1. The minimum absolute atomic E-state index is 0.269. The molecule has 0 saturated heterocycles. The predicted molar refractivity (Wildman–Crippen MR) is 72.8 cm³/mol. The molecule has 3 N–H and O–H groups in total. The van der Waals surface area contributed by atoms with Gasteiger partial charge in [0.2, 0.25) is 0 Å². The number of nitrogen functional groups attached to an aromatic ring is 1. The average Bonchev–Trinajstić information content (AvgIpc) is 2.34. The second-order valence-electron chi connectivity index (χ2n) is 3.88. The fourth-order valence-corrected chi connectivity index (χ4v) is 1.60. The Morgan fingerprint density at radius 2 is 2.11 bits per heavy atom. The van der Waals surface area contributed by atoms with E-state index < -0.39 is 0 Å². The van der Waals surface area contributed by atoms with Gasteiger partial charge in [0.15, 0.2) is 0 Å². The van der Waals surface area contributed by atoms with E-state index in [9.17, 15) is 4.79 Å². The van der Waals surface area contributed by atoms with Gasteiger partial charge in [-0.1, -0.05) is 11.6 Å². The van der Waals surface area contributed by atoms with E-state index in [1.807, 2.05) is 6.92 Å². The molecule has 0 saturated carbocycles. The van der Waals surface area contributed by atoms with E-state index >= 15 is 0 Å². The first-order valence-electron chi connectivity index (χ1n) is 5.35. The molecule has 2 rings (SSSR count). The zero-order valence-corrected chi connectivity index (χ0v) is 10.5. The summed E-state index contributed by atoms with van der Waals surface area (Å²) in [7, 11) is 0. The van der Waals surface area contributed by atoms with Gasteiger partial charge in [0.25, 0.3) is 5.91 Å². The molecule has 0 radical (unpaired) electrons. The summed E-state index contributed by atoms with van der Waals surface area (Å²) in [4.78, 5) is 16.0. The van der Waals surface area contributed by atoms with Crippen molar-refractivity contribution in [1.82, 2.24) is 4.98 Å². The van der Waals surface area contributed by atoms with Gasteiger partial charge >= 0.3 is 0 Å². The van der Waals surface area contributed by atoms with Crippen LogP contribution in [0.3, 0.4) is 0 Å². The molecule has 1 heterocycles. The molecule has 0 fully saturated rings. The Hall–Kier alpha value is -2.07. The molecule has 2 aromatic rings. The molecular formula is C13H12ClN3O. The third-order valence-corrected chi connectivity index (χ3v) is 2.74. The van der Waals surface area contributed by atoms with Crippen LogP contribution in [0.1, 0.15) is 16.1 Å². The van der Waals surface area contributed by atoms with E-state index in [2.05, 4.69) is 10.3 Å². The smallest absolute Gasteiger partial charge is 0.257 e. The number of pyridine rings is 1. The highest BCUT2D eigenvalue weighted by molar-refractivity contribution is 6.34. The highest BCUT2D eigenvalue weighted by atomic mass is 35.5. The van der Waals surface area contributed by atoms with E-state index in [0.717, 1.165) is 5.69 Å². The lowest BCUT2D eigenvalue weighted by molar-refractivity contribution is 0.102. The molecule has 1 amide bonds. The van der Waals surface area contributed by atoms with Crippen LogP contribution in [0.4, 0.5) is 11.4 Å². The van der Waals surface area contributed by atoms with Crippen LogP contribution < -0.4 is 11.1 Å². The number of rotatable bonds is 2. The Kier molecular flexibility index (Phi) is 3.48. The van der Waals surface area contributed by atoms with Crippen LogP contribution in [0, 0.1) is 6.92 Å². The van der Waals surface area contributed by atoms with Crippen molar-refractivity contribution in [1.29, 1.82) is 0 Å². The first-order chi connectivity index (χ1) is 8.56. The summed E-state index contributed by atoms with van der Waals surface area (Å²) >= 11 is 5.97. The third kappa shape index (κ3) is 2.78. The van der Waals surface area contributed by atoms with Crippen molar-refractivity contribution in [3.05, 3.63) is 52.8 Å². The number of nitrogens with zero attached hydrogens (tertiary/aromatic N) is 1. The quantitative estimate of drug-likeness (QED) is 0.817. The van der Waals surface area contributed by atoms with E-state index in [0.29, 0.717) is 22.0 Å². The normalized spacial score (nSPS) is 10.1. The number of anilines is 2. The minimum atomic E-state index is -0.269. The zero-order valence-electron chi connectivity index (χ0n) is 9.77. The lowest BCUT2D eigenvalue weighted by Gasteiger charge is -2.08. The van der Waals surface area contributed by atoms with Crippen molar-refractivity contribution in [3.63, 3.8) is 0 Å². The van der Waals surface area contributed by atoms with Crippen LogP contribution in [0.2, 0.25) is 5.02 Å². The van der Waals surface area contributed by atoms with Crippen molar-refractivity contribution in [2.45, 2.75) is 6.92 Å². The van der Waals surface area contributed by atoms with Crippen LogP contribution in [0.5, 0.6) is 0 Å². The van der Waals surface area contributed by atoms with Crippen molar-refractivity contribution < 1.29 is 4.79 Å². The second-order valence-corrected chi connectivity index (χ2v) is 4.29. The van der Waals surface area contributed by atoms with E-state index in [-0.39, 0.29) is 5.91 Å². The number of halogens is 1. The van der Waals surface area contributed by atoms with Crippen LogP contribution in [0.25, 0.3) is 0 Å². The molecular weight excluding hydrogens is 250 g/mol. The average molecular weight is 262 g/mol. The van der Waals surface area contributed by atoms with Crippen molar-refractivity contribution in [3.8, 4) is 0 Å². The first-order valence-corrected chi connectivity index (χ1v) is 5.73. The highest BCUT2D eigenvalue weighted by Gasteiger charge is 2.08. The van der Waals surface area contributed by atoms with Gasteiger partial charge in [0.05, 0.1) is 16.3 Å². The van der Waals surface area contributed by atoms with Crippen LogP contribution in [-0.4, -0.2) is 10.9 Å². The largest absolute Gasteiger partial charge is 0.399 e. The molecule has 0 atom stereocenters. The molecule has 0 aliphatic carbocycles. The van der Waals surface area contributed by atoms with Gasteiger partial charge < -0.3 is 11.1 Å². The number of amides is 1. The van der Waals surface area contributed by atoms with Gasteiger partial charge in [-0.2, -0.15) is 0 Å². The molecule has 1 aromatic carbocycles. The standard InChI is InChI=1S/C13H12ClN3O/c1-8-2-3-9(7-16-8)13(18)17-12-6-10(15)4-5-11(12)14/h2-7H,15H2,1H3,(H,17,18). The van der Waals surface area contributed by atoms with Crippen molar-refractivity contribution >= 4 is 28.9 Å². The first kappa shape index (κ1) is 12.4. The maximum absolute atomic E-state index is 11.9. The molecule has 0 aliphatic heterocycles. The van der Waals surface area contributed by atoms with E-state index in [4.69, 9.17) is 17.3 Å². The molecule has 5 heteroatoms. The Morgan fingerprint density at radius 3 is 2.78 bits per heavy atom. The molecule has 92 valence electrons. The molecule has 0 bridgehead atoms. The van der Waals surface area contributed by atoms with E-state index in [1.54, 1.807) is 30.3 Å². The number of aromatic nitrogens is 1. The van der Waals surface area contributed by atoms with Crippen LogP contribution in [-0.2, 0) is 0 Å². The number of hydrogen-bond acceptors (Lipinski definition) is 3. The third-order valence-electron chi connectivity index (χ3n) is 2.41. The number of nitrogens with two attached hydrogens (primary N) is 1. The van der Waals surface area contributed by atoms with Gasteiger partial charge in [0.1, 0.15) is 0 Å². The van der Waals surface area contributed by atoms with Crippen molar-refractivity contribution in [2.24, 2.45) is 0 Å². The summed E-state index contributed by atoms with van der Waals surface area (Å²) in [6, 6.07) is 8.40. The minimum Gasteiger partial charge on any atom is -0.399 e. The Bertz CT molecular complexity index is 581. The second kappa shape index (κ2) is 5.06. The lowest BCUT2D eigenvalue weighted by atomic mass is 10.2. The SMILES string of the molecule is Cc1ccc(C(=O)Nc2cc(N)ccc2Cl)cn1. The molecule has 0 unspecified atom stereocenters. The topological polar surface area (TPSA) is 68.0 Å². The van der Waals surface area contributed by atoms with E-state index in [1.165, 1.54) is 6.20 Å². The van der Waals surface area contributed by atoms with Gasteiger partial charge in [-0.3, -0.25) is 9.78 Å². The predicted octanol–water partition coefficient (Wildman–Crippen LogP) is 2.88. The summed E-state index contributed by atoms with van der Waals surface area (Å²) < 4.78 is 0. The molecule has 1 aromatic heterocycles. The number of hydrogen-bond donors (Lipinski definition) is 2. The molecule has 4 nitrogen and oxygen atoms in total. The monoisotopic (exact) mass is 261 g/mol. The van der Waals surface area contributed by atoms with Crippen LogP contribution in [0.15, 0.2) is 36.5 Å².